The van der Waals surface area contributed by atoms with E-state index in [1.54, 1.807) is 0 Å². The Balaban J connectivity index is 1.88. The van der Waals surface area contributed by atoms with E-state index < -0.39 is 11.8 Å². The molecule has 0 unspecified atom stereocenters. The van der Waals surface area contributed by atoms with Gasteiger partial charge in [0.2, 0.25) is 0 Å². The molecule has 0 spiro atoms. The Labute approximate surface area is 117 Å². The molecule has 2 fully saturated rings. The van der Waals surface area contributed by atoms with Crippen molar-refractivity contribution in [1.29, 1.82) is 0 Å². The highest BCUT2D eigenvalue weighted by atomic mass is 32.1. The van der Waals surface area contributed by atoms with Crippen molar-refractivity contribution in [3.8, 4) is 0 Å². The first-order valence-electron chi connectivity index (χ1n) is 6.93. The molecule has 0 aromatic heterocycles. The SMILES string of the molecule is FC(F)(F)C1(OCCN2CCCC2=S)CCCCC1. The van der Waals surface area contributed by atoms with Crippen LogP contribution in [0.5, 0.6) is 0 Å². The Hall–Kier alpha value is -0.360. The molecule has 110 valence electrons. The van der Waals surface area contributed by atoms with Crippen molar-refractivity contribution < 1.29 is 17.9 Å². The fourth-order valence-electron chi connectivity index (χ4n) is 2.92. The van der Waals surface area contributed by atoms with Crippen LogP contribution in [0.2, 0.25) is 0 Å². The molecule has 19 heavy (non-hydrogen) atoms. The van der Waals surface area contributed by atoms with E-state index in [2.05, 4.69) is 0 Å². The van der Waals surface area contributed by atoms with Gasteiger partial charge in [0, 0.05) is 13.1 Å². The molecule has 0 atom stereocenters. The smallest absolute Gasteiger partial charge is 0.364 e. The maximum absolute atomic E-state index is 13.2. The fourth-order valence-corrected chi connectivity index (χ4v) is 3.25. The molecule has 0 radical (unpaired) electrons. The lowest BCUT2D eigenvalue weighted by atomic mass is 9.84. The van der Waals surface area contributed by atoms with E-state index in [1.165, 1.54) is 0 Å². The minimum atomic E-state index is -4.26. The van der Waals surface area contributed by atoms with Crippen molar-refractivity contribution in [1.82, 2.24) is 4.90 Å². The molecule has 2 aliphatic rings. The number of hydrogen-bond donors (Lipinski definition) is 0. The second-order valence-corrected chi connectivity index (χ2v) is 5.86. The van der Waals surface area contributed by atoms with Crippen molar-refractivity contribution in [2.75, 3.05) is 19.7 Å². The zero-order valence-corrected chi connectivity index (χ0v) is 11.8. The molecule has 1 saturated carbocycles. The third kappa shape index (κ3) is 3.40. The van der Waals surface area contributed by atoms with Crippen LogP contribution < -0.4 is 0 Å². The summed E-state index contributed by atoms with van der Waals surface area (Å²) in [6.07, 6.45) is -0.121. The third-order valence-corrected chi connectivity index (χ3v) is 4.55. The first-order valence-corrected chi connectivity index (χ1v) is 7.34. The van der Waals surface area contributed by atoms with Gasteiger partial charge >= 0.3 is 6.18 Å². The predicted molar refractivity (Wildman–Crippen MR) is 71.2 cm³/mol. The average molecular weight is 295 g/mol. The van der Waals surface area contributed by atoms with E-state index in [1.807, 2.05) is 4.90 Å². The van der Waals surface area contributed by atoms with Crippen LogP contribution in [0.15, 0.2) is 0 Å². The zero-order chi connectivity index (χ0) is 13.9. The van der Waals surface area contributed by atoms with Gasteiger partial charge in [-0.25, -0.2) is 0 Å². The molecular weight excluding hydrogens is 275 g/mol. The Morgan fingerprint density at radius 3 is 2.37 bits per heavy atom. The summed E-state index contributed by atoms with van der Waals surface area (Å²) in [6.45, 7) is 1.44. The largest absolute Gasteiger partial charge is 0.417 e. The Morgan fingerprint density at radius 2 is 1.84 bits per heavy atom. The summed E-state index contributed by atoms with van der Waals surface area (Å²) in [7, 11) is 0. The Bertz CT molecular complexity index is 326. The number of ether oxygens (including phenoxy) is 1. The van der Waals surface area contributed by atoms with Gasteiger partial charge in [-0.05, 0) is 25.7 Å². The van der Waals surface area contributed by atoms with E-state index in [0.717, 1.165) is 30.8 Å². The maximum atomic E-state index is 13.2. The number of halogens is 3. The molecular formula is C13H20F3NOS. The van der Waals surface area contributed by atoms with Crippen molar-refractivity contribution in [2.45, 2.75) is 56.7 Å². The maximum Gasteiger partial charge on any atom is 0.417 e. The standard InChI is InChI=1S/C13H20F3NOS/c14-13(15,16)12(6-2-1-3-7-12)18-10-9-17-8-4-5-11(17)19/h1-10H2. The summed E-state index contributed by atoms with van der Waals surface area (Å²) in [5.41, 5.74) is -1.91. The summed E-state index contributed by atoms with van der Waals surface area (Å²) in [6, 6.07) is 0. The lowest BCUT2D eigenvalue weighted by Gasteiger charge is -2.39. The Morgan fingerprint density at radius 1 is 1.16 bits per heavy atom. The summed E-state index contributed by atoms with van der Waals surface area (Å²) in [4.78, 5) is 2.82. The highest BCUT2D eigenvalue weighted by Crippen LogP contribution is 2.44. The van der Waals surface area contributed by atoms with Crippen molar-refractivity contribution >= 4 is 17.2 Å². The van der Waals surface area contributed by atoms with Gasteiger partial charge in [0.05, 0.1) is 11.6 Å². The first kappa shape index (κ1) is 15.0. The molecule has 2 rings (SSSR count). The van der Waals surface area contributed by atoms with Crippen LogP contribution in [0.4, 0.5) is 13.2 Å². The van der Waals surface area contributed by atoms with Gasteiger partial charge in [-0.15, -0.1) is 0 Å². The van der Waals surface area contributed by atoms with Gasteiger partial charge in [0.15, 0.2) is 5.60 Å². The van der Waals surface area contributed by atoms with E-state index >= 15 is 0 Å². The van der Waals surface area contributed by atoms with Crippen LogP contribution >= 0.6 is 12.2 Å². The van der Waals surface area contributed by atoms with Crippen LogP contribution in [0.3, 0.4) is 0 Å². The number of alkyl halides is 3. The number of rotatable bonds is 4. The molecule has 1 saturated heterocycles. The van der Waals surface area contributed by atoms with Gasteiger partial charge in [0.1, 0.15) is 0 Å². The molecule has 0 aromatic rings. The Kier molecular flexibility index (Phi) is 4.71. The van der Waals surface area contributed by atoms with Gasteiger partial charge < -0.3 is 9.64 Å². The molecule has 0 amide bonds. The second kappa shape index (κ2) is 5.95. The zero-order valence-electron chi connectivity index (χ0n) is 11.0. The molecule has 1 aliphatic carbocycles. The second-order valence-electron chi connectivity index (χ2n) is 5.39. The van der Waals surface area contributed by atoms with Gasteiger partial charge in [-0.3, -0.25) is 0 Å². The number of nitrogens with zero attached hydrogens (tertiary/aromatic N) is 1. The molecule has 0 N–H and O–H groups in total. The molecule has 1 heterocycles. The summed E-state index contributed by atoms with van der Waals surface area (Å²) in [5, 5.41) is 0. The molecule has 2 nitrogen and oxygen atoms in total. The predicted octanol–water partition coefficient (Wildman–Crippen LogP) is 3.69. The number of thiocarbonyl (C=S) groups is 1. The molecule has 0 bridgehead atoms. The van der Waals surface area contributed by atoms with Gasteiger partial charge in [-0.1, -0.05) is 31.5 Å². The number of likely N-dealkylation sites (tertiary alicyclic amines) is 1. The summed E-state index contributed by atoms with van der Waals surface area (Å²) >= 11 is 5.16. The molecule has 0 aromatic carbocycles. The van der Waals surface area contributed by atoms with Gasteiger partial charge in [0.25, 0.3) is 0 Å². The van der Waals surface area contributed by atoms with Crippen LogP contribution in [0.25, 0.3) is 0 Å². The van der Waals surface area contributed by atoms with E-state index in [9.17, 15) is 13.2 Å². The highest BCUT2D eigenvalue weighted by molar-refractivity contribution is 7.80. The summed E-state index contributed by atoms with van der Waals surface area (Å²) < 4.78 is 44.9. The van der Waals surface area contributed by atoms with E-state index in [4.69, 9.17) is 17.0 Å². The summed E-state index contributed by atoms with van der Waals surface area (Å²) in [5.74, 6) is 0. The third-order valence-electron chi connectivity index (χ3n) is 4.09. The van der Waals surface area contributed by atoms with Crippen LogP contribution in [0, 0.1) is 0 Å². The normalized spacial score (nSPS) is 23.9. The number of hydrogen-bond acceptors (Lipinski definition) is 2. The lowest BCUT2D eigenvalue weighted by Crippen LogP contribution is -2.50. The van der Waals surface area contributed by atoms with E-state index in [-0.39, 0.29) is 19.4 Å². The van der Waals surface area contributed by atoms with E-state index in [0.29, 0.717) is 19.4 Å². The highest BCUT2D eigenvalue weighted by Gasteiger charge is 2.55. The van der Waals surface area contributed by atoms with Gasteiger partial charge in [-0.2, -0.15) is 13.2 Å². The minimum Gasteiger partial charge on any atom is -0.364 e. The topological polar surface area (TPSA) is 12.5 Å². The van der Waals surface area contributed by atoms with Crippen molar-refractivity contribution in [3.63, 3.8) is 0 Å². The molecule has 1 aliphatic heterocycles. The van der Waals surface area contributed by atoms with Crippen molar-refractivity contribution in [3.05, 3.63) is 0 Å². The van der Waals surface area contributed by atoms with Crippen LogP contribution in [0.1, 0.15) is 44.9 Å². The fraction of sp³-hybridized carbons (Fsp3) is 0.923. The van der Waals surface area contributed by atoms with Crippen LogP contribution in [-0.4, -0.2) is 41.4 Å². The first-order chi connectivity index (χ1) is 8.95. The lowest BCUT2D eigenvalue weighted by molar-refractivity contribution is -0.287. The molecule has 6 heteroatoms. The quantitative estimate of drug-likeness (QED) is 0.734. The monoisotopic (exact) mass is 295 g/mol. The van der Waals surface area contributed by atoms with Crippen molar-refractivity contribution in [2.24, 2.45) is 0 Å². The van der Waals surface area contributed by atoms with Crippen LogP contribution in [-0.2, 0) is 4.74 Å². The minimum absolute atomic E-state index is 0.0982. The average Bonchev–Trinajstić information content (AvgIpc) is 2.75.